The van der Waals surface area contributed by atoms with E-state index >= 15 is 0 Å². The maximum Gasteiger partial charge on any atom is 0.255 e. The number of benzene rings is 1. The Morgan fingerprint density at radius 1 is 1.18 bits per heavy atom. The standard InChI is InChI=1S/C21H22N4O3/c1-25-14-17(21(26)23-10-8-16-5-2-3-9-22-16)20(24-25)15-6-7-18-19(13-15)28-12-4-11-27-18/h2-3,5-7,9,13-14H,4,8,10-12H2,1H3,(H,23,26). The molecule has 144 valence electrons. The molecule has 1 aliphatic rings. The van der Waals surface area contributed by atoms with Gasteiger partial charge in [0.25, 0.3) is 5.91 Å². The van der Waals surface area contributed by atoms with Gasteiger partial charge in [0.15, 0.2) is 11.5 Å². The van der Waals surface area contributed by atoms with Gasteiger partial charge in [-0.1, -0.05) is 6.07 Å². The monoisotopic (exact) mass is 378 g/mol. The first-order chi connectivity index (χ1) is 13.7. The fraction of sp³-hybridized carbons (Fsp3) is 0.286. The SMILES string of the molecule is Cn1cc(C(=O)NCCc2ccccn2)c(-c2ccc3c(c2)OCCCO3)n1. The number of pyridine rings is 1. The average Bonchev–Trinajstić information content (AvgIpc) is 2.95. The van der Waals surface area contributed by atoms with Crippen LogP contribution >= 0.6 is 0 Å². The number of aryl methyl sites for hydroxylation is 1. The van der Waals surface area contributed by atoms with Crippen molar-refractivity contribution in [2.24, 2.45) is 7.05 Å². The highest BCUT2D eigenvalue weighted by atomic mass is 16.5. The molecule has 0 spiro atoms. The number of carbonyl (C=O) groups excluding carboxylic acids is 1. The summed E-state index contributed by atoms with van der Waals surface area (Å²) in [5.41, 5.74) is 2.91. The van der Waals surface area contributed by atoms with Crippen LogP contribution in [0.25, 0.3) is 11.3 Å². The second-order valence-corrected chi connectivity index (χ2v) is 6.60. The molecule has 0 fully saturated rings. The first kappa shape index (κ1) is 18.0. The molecule has 0 saturated carbocycles. The van der Waals surface area contributed by atoms with Crippen molar-refractivity contribution in [3.8, 4) is 22.8 Å². The Labute approximate surface area is 163 Å². The zero-order chi connectivity index (χ0) is 19.3. The van der Waals surface area contributed by atoms with E-state index in [9.17, 15) is 4.79 Å². The molecule has 3 aromatic rings. The Morgan fingerprint density at radius 3 is 2.86 bits per heavy atom. The predicted molar refractivity (Wildman–Crippen MR) is 105 cm³/mol. The predicted octanol–water partition coefficient (Wildman–Crippen LogP) is 2.62. The molecule has 7 nitrogen and oxygen atoms in total. The van der Waals surface area contributed by atoms with Crippen LogP contribution in [0.15, 0.2) is 48.8 Å². The van der Waals surface area contributed by atoms with Gasteiger partial charge in [0.05, 0.1) is 18.8 Å². The van der Waals surface area contributed by atoms with E-state index in [2.05, 4.69) is 15.4 Å². The number of hydrogen-bond donors (Lipinski definition) is 1. The van der Waals surface area contributed by atoms with Gasteiger partial charge in [-0.15, -0.1) is 0 Å². The Hall–Kier alpha value is -3.35. The summed E-state index contributed by atoms with van der Waals surface area (Å²) < 4.78 is 13.1. The summed E-state index contributed by atoms with van der Waals surface area (Å²) >= 11 is 0. The molecule has 2 aromatic heterocycles. The van der Waals surface area contributed by atoms with Crippen molar-refractivity contribution >= 4 is 5.91 Å². The fourth-order valence-corrected chi connectivity index (χ4v) is 3.12. The van der Waals surface area contributed by atoms with Gasteiger partial charge < -0.3 is 14.8 Å². The molecule has 0 atom stereocenters. The van der Waals surface area contributed by atoms with Crippen LogP contribution in [0.5, 0.6) is 11.5 Å². The van der Waals surface area contributed by atoms with E-state index in [1.165, 1.54) is 0 Å². The van der Waals surface area contributed by atoms with Crippen LogP contribution < -0.4 is 14.8 Å². The van der Waals surface area contributed by atoms with Crippen molar-refractivity contribution < 1.29 is 14.3 Å². The molecule has 0 unspecified atom stereocenters. The zero-order valence-corrected chi connectivity index (χ0v) is 15.7. The van der Waals surface area contributed by atoms with Crippen molar-refractivity contribution in [1.29, 1.82) is 0 Å². The summed E-state index contributed by atoms with van der Waals surface area (Å²) in [6.45, 7) is 1.75. The maximum atomic E-state index is 12.7. The molecular formula is C21H22N4O3. The van der Waals surface area contributed by atoms with E-state index in [0.717, 1.165) is 23.4 Å². The largest absolute Gasteiger partial charge is 0.490 e. The molecule has 0 radical (unpaired) electrons. The van der Waals surface area contributed by atoms with E-state index in [1.807, 2.05) is 36.4 Å². The summed E-state index contributed by atoms with van der Waals surface area (Å²) in [5, 5.41) is 7.44. The van der Waals surface area contributed by atoms with E-state index in [0.29, 0.717) is 43.2 Å². The van der Waals surface area contributed by atoms with Crippen molar-refractivity contribution in [3.63, 3.8) is 0 Å². The van der Waals surface area contributed by atoms with E-state index in [-0.39, 0.29) is 5.91 Å². The maximum absolute atomic E-state index is 12.7. The molecular weight excluding hydrogens is 356 g/mol. The van der Waals surface area contributed by atoms with Crippen LogP contribution in [-0.4, -0.2) is 40.4 Å². The van der Waals surface area contributed by atoms with Gasteiger partial charge in [-0.3, -0.25) is 14.5 Å². The van der Waals surface area contributed by atoms with Gasteiger partial charge in [0.2, 0.25) is 0 Å². The number of fused-ring (bicyclic) bond motifs is 1. The van der Waals surface area contributed by atoms with E-state index in [1.54, 1.807) is 24.1 Å². The number of nitrogens with zero attached hydrogens (tertiary/aromatic N) is 3. The highest BCUT2D eigenvalue weighted by Crippen LogP contribution is 2.34. The van der Waals surface area contributed by atoms with Crippen molar-refractivity contribution in [2.45, 2.75) is 12.8 Å². The first-order valence-electron chi connectivity index (χ1n) is 9.32. The van der Waals surface area contributed by atoms with Gasteiger partial charge >= 0.3 is 0 Å². The molecule has 0 bridgehead atoms. The average molecular weight is 378 g/mol. The van der Waals surface area contributed by atoms with Gasteiger partial charge in [-0.25, -0.2) is 0 Å². The summed E-state index contributed by atoms with van der Waals surface area (Å²) in [5.74, 6) is 1.24. The smallest absolute Gasteiger partial charge is 0.255 e. The minimum Gasteiger partial charge on any atom is -0.490 e. The normalized spacial score (nSPS) is 13.0. The van der Waals surface area contributed by atoms with Gasteiger partial charge in [-0.2, -0.15) is 5.10 Å². The van der Waals surface area contributed by atoms with E-state index in [4.69, 9.17) is 9.47 Å². The lowest BCUT2D eigenvalue weighted by Crippen LogP contribution is -2.26. The lowest BCUT2D eigenvalue weighted by Gasteiger charge is -2.09. The molecule has 0 aliphatic carbocycles. The van der Waals surface area contributed by atoms with Gasteiger partial charge in [0.1, 0.15) is 5.69 Å². The summed E-state index contributed by atoms with van der Waals surface area (Å²) in [7, 11) is 1.80. The van der Waals surface area contributed by atoms with Crippen molar-refractivity contribution in [2.75, 3.05) is 19.8 Å². The van der Waals surface area contributed by atoms with Crippen LogP contribution in [0.2, 0.25) is 0 Å². The summed E-state index contributed by atoms with van der Waals surface area (Å²) in [6.07, 6.45) is 5.00. The number of ether oxygens (including phenoxy) is 2. The molecule has 1 N–H and O–H groups in total. The third-order valence-corrected chi connectivity index (χ3v) is 4.49. The summed E-state index contributed by atoms with van der Waals surface area (Å²) in [4.78, 5) is 17.0. The van der Waals surface area contributed by atoms with Crippen LogP contribution in [0, 0.1) is 0 Å². The minimum absolute atomic E-state index is 0.161. The number of aromatic nitrogens is 3. The third-order valence-electron chi connectivity index (χ3n) is 4.49. The lowest BCUT2D eigenvalue weighted by atomic mass is 10.1. The number of hydrogen-bond acceptors (Lipinski definition) is 5. The minimum atomic E-state index is -0.161. The van der Waals surface area contributed by atoms with Gasteiger partial charge in [-0.05, 0) is 30.3 Å². The van der Waals surface area contributed by atoms with Crippen LogP contribution in [-0.2, 0) is 13.5 Å². The molecule has 0 saturated heterocycles. The third kappa shape index (κ3) is 3.98. The van der Waals surface area contributed by atoms with Gasteiger partial charge in [0, 0.05) is 50.1 Å². The van der Waals surface area contributed by atoms with Crippen LogP contribution in [0.4, 0.5) is 0 Å². The number of carbonyl (C=O) groups is 1. The van der Waals surface area contributed by atoms with Crippen molar-refractivity contribution in [3.05, 3.63) is 60.0 Å². The van der Waals surface area contributed by atoms with Crippen molar-refractivity contribution in [1.82, 2.24) is 20.1 Å². The number of amides is 1. The topological polar surface area (TPSA) is 78.3 Å². The molecule has 3 heterocycles. The Bertz CT molecular complexity index is 969. The second-order valence-electron chi connectivity index (χ2n) is 6.60. The molecule has 1 aliphatic heterocycles. The van der Waals surface area contributed by atoms with E-state index < -0.39 is 0 Å². The zero-order valence-electron chi connectivity index (χ0n) is 15.7. The highest BCUT2D eigenvalue weighted by Gasteiger charge is 2.19. The van der Waals surface area contributed by atoms with Crippen LogP contribution in [0.1, 0.15) is 22.5 Å². The Kier molecular flexibility index (Phi) is 5.23. The Morgan fingerprint density at radius 2 is 2.04 bits per heavy atom. The molecule has 7 heteroatoms. The Balaban J connectivity index is 1.52. The number of rotatable bonds is 5. The summed E-state index contributed by atoms with van der Waals surface area (Å²) in [6, 6.07) is 11.4. The number of nitrogens with one attached hydrogen (secondary N) is 1. The fourth-order valence-electron chi connectivity index (χ4n) is 3.12. The molecule has 1 amide bonds. The molecule has 4 rings (SSSR count). The molecule has 28 heavy (non-hydrogen) atoms. The highest BCUT2D eigenvalue weighted by molar-refractivity contribution is 5.99. The van der Waals surface area contributed by atoms with Crippen LogP contribution in [0.3, 0.4) is 0 Å². The second kappa shape index (κ2) is 8.12. The lowest BCUT2D eigenvalue weighted by molar-refractivity contribution is 0.0954. The molecule has 1 aromatic carbocycles. The quantitative estimate of drug-likeness (QED) is 0.738. The first-order valence-corrected chi connectivity index (χ1v) is 9.32.